The summed E-state index contributed by atoms with van der Waals surface area (Å²) in [5.74, 6) is 0. The summed E-state index contributed by atoms with van der Waals surface area (Å²) in [5.41, 5.74) is 0. The Balaban J connectivity index is 0.00000210. The number of halogens is 2. The van der Waals surface area contributed by atoms with Crippen LogP contribution in [0.1, 0.15) is 4.88 Å². The van der Waals surface area contributed by atoms with Crippen molar-refractivity contribution in [2.75, 3.05) is 0 Å². The molecule has 0 aliphatic rings. The second-order valence-corrected chi connectivity index (χ2v) is 11.1. The lowest BCUT2D eigenvalue weighted by Gasteiger charge is -2.27. The maximum Gasteiger partial charge on any atom is 0.117 e. The smallest absolute Gasteiger partial charge is 0.117 e. The molecule has 0 N–H and O–H groups in total. The summed E-state index contributed by atoms with van der Waals surface area (Å²) in [6.45, 7) is 0. The summed E-state index contributed by atoms with van der Waals surface area (Å²) in [6, 6.07) is 34.8. The fourth-order valence-electron chi connectivity index (χ4n) is 3.42. The maximum atomic E-state index is 6.54. The van der Waals surface area contributed by atoms with Crippen LogP contribution in [0, 0.1) is 0 Å². The molecule has 0 bridgehead atoms. The lowest BCUT2D eigenvalue weighted by Crippen LogP contribution is -3.00. The predicted molar refractivity (Wildman–Crippen MR) is 118 cm³/mol. The molecule has 0 fully saturated rings. The van der Waals surface area contributed by atoms with Crippen LogP contribution < -0.4 is 32.9 Å². The second kappa shape index (κ2) is 9.17. The Hall–Kier alpha value is -1.44. The minimum atomic E-state index is -1.84. The Morgan fingerprint density at radius 2 is 1.04 bits per heavy atom. The van der Waals surface area contributed by atoms with E-state index in [2.05, 4.69) is 96.4 Å². The number of rotatable bonds is 5. The molecule has 27 heavy (non-hydrogen) atoms. The standard InChI is InChI=1S/C23H19ClPS.BrH/c24-22-16-17-26-23(22)18-25(19-10-4-1-5-11-19,20-12-6-2-7-13-20)21-14-8-3-9-15-21;/h1-17H,18H2;1H/q+1;/p-1. The van der Waals surface area contributed by atoms with Gasteiger partial charge in [0.05, 0.1) is 9.90 Å². The van der Waals surface area contributed by atoms with Crippen molar-refractivity contribution in [1.82, 2.24) is 0 Å². The van der Waals surface area contributed by atoms with Crippen molar-refractivity contribution in [2.45, 2.75) is 6.16 Å². The van der Waals surface area contributed by atoms with Gasteiger partial charge in [0.1, 0.15) is 29.3 Å². The summed E-state index contributed by atoms with van der Waals surface area (Å²) < 4.78 is 0. The quantitative estimate of drug-likeness (QED) is 0.391. The van der Waals surface area contributed by atoms with E-state index in [9.17, 15) is 0 Å². The molecule has 1 heterocycles. The molecule has 0 amide bonds. The first-order chi connectivity index (χ1) is 12.8. The fraction of sp³-hybridized carbons (Fsp3) is 0.0435. The zero-order valence-corrected chi connectivity index (χ0v) is 18.7. The first-order valence-electron chi connectivity index (χ1n) is 8.57. The molecule has 0 atom stereocenters. The van der Waals surface area contributed by atoms with Crippen molar-refractivity contribution in [3.63, 3.8) is 0 Å². The summed E-state index contributed by atoms with van der Waals surface area (Å²) in [5, 5.41) is 7.14. The van der Waals surface area contributed by atoms with Gasteiger partial charge >= 0.3 is 0 Å². The lowest BCUT2D eigenvalue weighted by molar-refractivity contribution is -0.00000485. The normalized spacial score (nSPS) is 11.0. The maximum absolute atomic E-state index is 6.54. The van der Waals surface area contributed by atoms with Gasteiger partial charge in [-0.1, -0.05) is 66.2 Å². The molecule has 0 aliphatic carbocycles. The second-order valence-electron chi connectivity index (χ2n) is 6.17. The van der Waals surface area contributed by atoms with Crippen LogP contribution >= 0.6 is 30.2 Å². The number of hydrogen-bond acceptors (Lipinski definition) is 1. The average Bonchev–Trinajstić information content (AvgIpc) is 3.12. The molecular weight excluding hydrogens is 455 g/mol. The van der Waals surface area contributed by atoms with Crippen molar-refractivity contribution < 1.29 is 17.0 Å². The number of thiophene rings is 1. The van der Waals surface area contributed by atoms with Gasteiger partial charge in [-0.05, 0) is 47.8 Å². The Morgan fingerprint density at radius 3 is 1.37 bits per heavy atom. The third-order valence-electron chi connectivity index (χ3n) is 4.66. The van der Waals surface area contributed by atoms with Crippen molar-refractivity contribution in [3.8, 4) is 0 Å². The average molecular weight is 474 g/mol. The molecule has 1 aromatic heterocycles. The van der Waals surface area contributed by atoms with E-state index in [0.717, 1.165) is 11.2 Å². The van der Waals surface area contributed by atoms with E-state index in [1.54, 1.807) is 11.3 Å². The van der Waals surface area contributed by atoms with Gasteiger partial charge in [-0.3, -0.25) is 0 Å². The molecule has 0 saturated heterocycles. The molecule has 0 aliphatic heterocycles. The summed E-state index contributed by atoms with van der Waals surface area (Å²) in [6.07, 6.45) is 0.946. The first kappa shape index (κ1) is 20.3. The third kappa shape index (κ3) is 4.05. The van der Waals surface area contributed by atoms with E-state index in [4.69, 9.17) is 11.6 Å². The Morgan fingerprint density at radius 1 is 0.630 bits per heavy atom. The Kier molecular flexibility index (Phi) is 6.89. The molecule has 0 nitrogen and oxygen atoms in total. The minimum Gasteiger partial charge on any atom is -1.00 e. The van der Waals surface area contributed by atoms with Crippen molar-refractivity contribution >= 4 is 46.1 Å². The molecule has 0 unspecified atom stereocenters. The lowest BCUT2D eigenvalue weighted by atomic mass is 10.4. The molecule has 0 radical (unpaired) electrons. The first-order valence-corrected chi connectivity index (χ1v) is 11.8. The van der Waals surface area contributed by atoms with Crippen molar-refractivity contribution in [2.24, 2.45) is 0 Å². The van der Waals surface area contributed by atoms with E-state index in [0.29, 0.717) is 0 Å². The molecule has 4 heteroatoms. The number of benzene rings is 3. The SMILES string of the molecule is Clc1ccsc1C[P+](c1ccccc1)(c1ccccc1)c1ccccc1.[Br-]. The highest BCUT2D eigenvalue weighted by molar-refractivity contribution is 7.95. The van der Waals surface area contributed by atoms with Crippen LogP contribution in [0.3, 0.4) is 0 Å². The van der Waals surface area contributed by atoms with E-state index < -0.39 is 7.26 Å². The monoisotopic (exact) mass is 472 g/mol. The van der Waals surface area contributed by atoms with Crippen molar-refractivity contribution in [1.29, 1.82) is 0 Å². The summed E-state index contributed by atoms with van der Waals surface area (Å²) in [4.78, 5) is 1.26. The van der Waals surface area contributed by atoms with E-state index in [-0.39, 0.29) is 17.0 Å². The minimum absolute atomic E-state index is 0. The van der Waals surface area contributed by atoms with Gasteiger partial charge in [-0.15, -0.1) is 11.3 Å². The van der Waals surface area contributed by atoms with Gasteiger partial charge in [0, 0.05) is 0 Å². The highest BCUT2D eigenvalue weighted by Gasteiger charge is 2.46. The van der Waals surface area contributed by atoms with Crippen LogP contribution in [0.15, 0.2) is 102 Å². The van der Waals surface area contributed by atoms with Gasteiger partial charge in [0.2, 0.25) is 0 Å². The molecule has 4 aromatic rings. The van der Waals surface area contributed by atoms with Crippen LogP contribution in [-0.4, -0.2) is 0 Å². The molecule has 0 saturated carbocycles. The molecule has 4 rings (SSSR count). The zero-order valence-electron chi connectivity index (χ0n) is 14.6. The van der Waals surface area contributed by atoms with Gasteiger partial charge in [-0.25, -0.2) is 0 Å². The van der Waals surface area contributed by atoms with Gasteiger partial charge in [-0.2, -0.15) is 0 Å². The largest absolute Gasteiger partial charge is 1.00 e. The molecular formula is C23H19BrClPS. The van der Waals surface area contributed by atoms with E-state index in [1.807, 2.05) is 6.07 Å². The number of hydrogen-bond donors (Lipinski definition) is 0. The zero-order chi connectivity index (χ0) is 17.8. The van der Waals surface area contributed by atoms with Gasteiger partial charge in [0.25, 0.3) is 0 Å². The van der Waals surface area contributed by atoms with E-state index >= 15 is 0 Å². The molecule has 136 valence electrons. The van der Waals surface area contributed by atoms with Crippen LogP contribution in [0.25, 0.3) is 0 Å². The molecule has 3 aromatic carbocycles. The topological polar surface area (TPSA) is 0 Å². The Bertz CT molecular complexity index is 874. The third-order valence-corrected chi connectivity index (χ3v) is 10.6. The predicted octanol–water partition coefficient (Wildman–Crippen LogP) is 2.90. The summed E-state index contributed by atoms with van der Waals surface area (Å²) >= 11 is 8.29. The summed E-state index contributed by atoms with van der Waals surface area (Å²) in [7, 11) is -1.84. The van der Waals surface area contributed by atoms with Gasteiger partial charge < -0.3 is 17.0 Å². The Labute approximate surface area is 181 Å². The fourth-order valence-corrected chi connectivity index (χ4v) is 9.37. The highest BCUT2D eigenvalue weighted by Crippen LogP contribution is 2.59. The van der Waals surface area contributed by atoms with Gasteiger partial charge in [0.15, 0.2) is 0 Å². The van der Waals surface area contributed by atoms with Crippen LogP contribution in [0.2, 0.25) is 5.02 Å². The van der Waals surface area contributed by atoms with Crippen LogP contribution in [-0.2, 0) is 6.16 Å². The van der Waals surface area contributed by atoms with Crippen molar-refractivity contribution in [3.05, 3.63) is 112 Å². The van der Waals surface area contributed by atoms with Crippen LogP contribution in [0.4, 0.5) is 0 Å². The molecule has 0 spiro atoms. The van der Waals surface area contributed by atoms with E-state index in [1.165, 1.54) is 20.8 Å². The highest BCUT2D eigenvalue weighted by atomic mass is 79.9. The van der Waals surface area contributed by atoms with Crippen LogP contribution in [0.5, 0.6) is 0 Å².